The van der Waals surface area contributed by atoms with Crippen molar-refractivity contribution in [1.29, 1.82) is 0 Å². The van der Waals surface area contributed by atoms with Crippen LogP contribution in [0, 0.1) is 11.7 Å². The van der Waals surface area contributed by atoms with Gasteiger partial charge >= 0.3 is 5.97 Å². The highest BCUT2D eigenvalue weighted by Gasteiger charge is 2.33. The quantitative estimate of drug-likeness (QED) is 0.914. The number of halogens is 2. The minimum absolute atomic E-state index is 0.0466. The van der Waals surface area contributed by atoms with E-state index >= 15 is 0 Å². The fraction of sp³-hybridized carbons (Fsp3) is 0.462. The van der Waals surface area contributed by atoms with Crippen molar-refractivity contribution in [2.45, 2.75) is 18.6 Å². The molecule has 1 aromatic rings. The summed E-state index contributed by atoms with van der Waals surface area (Å²) in [5.74, 6) is -2.98. The third-order valence-corrected chi connectivity index (χ3v) is 5.64. The molecule has 116 valence electrons. The number of aliphatic carboxylic acids is 1. The van der Waals surface area contributed by atoms with Crippen molar-refractivity contribution in [2.75, 3.05) is 13.1 Å². The first-order chi connectivity index (χ1) is 9.81. The van der Waals surface area contributed by atoms with E-state index in [4.69, 9.17) is 16.7 Å². The van der Waals surface area contributed by atoms with Gasteiger partial charge in [-0.25, -0.2) is 17.1 Å². The highest BCUT2D eigenvalue weighted by atomic mass is 35.5. The van der Waals surface area contributed by atoms with Gasteiger partial charge < -0.3 is 5.11 Å². The molecule has 0 amide bonds. The normalized spacial score (nSPS) is 20.4. The van der Waals surface area contributed by atoms with E-state index in [1.165, 1.54) is 12.1 Å². The van der Waals surface area contributed by atoms with Crippen LogP contribution in [0.1, 0.15) is 18.4 Å². The number of carbonyl (C=O) groups is 1. The molecule has 0 aliphatic carbocycles. The van der Waals surface area contributed by atoms with E-state index in [0.29, 0.717) is 12.8 Å². The smallest absolute Gasteiger partial charge is 0.307 e. The Kier molecular flexibility index (Phi) is 4.85. The molecule has 1 N–H and O–H groups in total. The van der Waals surface area contributed by atoms with E-state index in [1.807, 2.05) is 0 Å². The Morgan fingerprint density at radius 2 is 2.19 bits per heavy atom. The van der Waals surface area contributed by atoms with Crippen molar-refractivity contribution in [2.24, 2.45) is 5.92 Å². The van der Waals surface area contributed by atoms with Crippen molar-refractivity contribution >= 4 is 27.6 Å². The molecule has 0 spiro atoms. The Hall–Kier alpha value is -1.18. The van der Waals surface area contributed by atoms with Gasteiger partial charge in [-0.1, -0.05) is 17.7 Å². The fourth-order valence-corrected chi connectivity index (χ4v) is 4.30. The van der Waals surface area contributed by atoms with Gasteiger partial charge in [0.15, 0.2) is 0 Å². The van der Waals surface area contributed by atoms with Crippen molar-refractivity contribution in [3.8, 4) is 0 Å². The SMILES string of the molecule is O=C(O)C1CCCN(S(=O)(=O)Cc2c(F)cccc2Cl)C1. The molecule has 1 atom stereocenters. The second kappa shape index (κ2) is 6.29. The van der Waals surface area contributed by atoms with Crippen LogP contribution >= 0.6 is 11.6 Å². The van der Waals surface area contributed by atoms with Crippen LogP contribution in [0.15, 0.2) is 18.2 Å². The largest absolute Gasteiger partial charge is 0.481 e. The van der Waals surface area contributed by atoms with E-state index in [-0.39, 0.29) is 23.7 Å². The lowest BCUT2D eigenvalue weighted by Crippen LogP contribution is -2.42. The van der Waals surface area contributed by atoms with Crippen LogP contribution < -0.4 is 0 Å². The summed E-state index contributed by atoms with van der Waals surface area (Å²) in [6.45, 7) is 0.169. The first-order valence-corrected chi connectivity index (χ1v) is 8.43. The maximum Gasteiger partial charge on any atom is 0.307 e. The first-order valence-electron chi connectivity index (χ1n) is 6.45. The Morgan fingerprint density at radius 3 is 2.81 bits per heavy atom. The van der Waals surface area contributed by atoms with Crippen molar-refractivity contribution < 1.29 is 22.7 Å². The summed E-state index contributed by atoms with van der Waals surface area (Å²) in [4.78, 5) is 11.0. The molecular formula is C13H15ClFNO4S. The van der Waals surface area contributed by atoms with Crippen LogP contribution in [-0.4, -0.2) is 36.9 Å². The van der Waals surface area contributed by atoms with Crippen molar-refractivity contribution in [3.05, 3.63) is 34.6 Å². The number of piperidine rings is 1. The number of rotatable bonds is 4. The summed E-state index contributed by atoms with van der Waals surface area (Å²) in [7, 11) is -3.80. The summed E-state index contributed by atoms with van der Waals surface area (Å²) in [6, 6.07) is 3.97. The van der Waals surface area contributed by atoms with Crippen LogP contribution in [-0.2, 0) is 20.6 Å². The topological polar surface area (TPSA) is 74.7 Å². The van der Waals surface area contributed by atoms with Gasteiger partial charge in [-0.2, -0.15) is 0 Å². The standard InChI is InChI=1S/C13H15ClFNO4S/c14-11-4-1-5-12(15)10(11)8-21(19,20)16-6-2-3-9(7-16)13(17)18/h1,4-5,9H,2-3,6-8H2,(H,17,18). The maximum absolute atomic E-state index is 13.7. The molecule has 1 aliphatic heterocycles. The van der Waals surface area contributed by atoms with E-state index in [9.17, 15) is 17.6 Å². The third-order valence-electron chi connectivity index (χ3n) is 3.52. The molecule has 0 saturated carbocycles. The lowest BCUT2D eigenvalue weighted by atomic mass is 10.0. The Morgan fingerprint density at radius 1 is 1.48 bits per heavy atom. The summed E-state index contributed by atoms with van der Waals surface area (Å²) in [5.41, 5.74) is -0.0865. The molecule has 1 aromatic carbocycles. The number of benzene rings is 1. The summed E-state index contributed by atoms with van der Waals surface area (Å²) < 4.78 is 39.5. The number of carboxylic acids is 1. The first kappa shape index (κ1) is 16.2. The molecule has 8 heteroatoms. The van der Waals surface area contributed by atoms with E-state index < -0.39 is 33.5 Å². The average molecular weight is 336 g/mol. The Labute approximate surface area is 127 Å². The molecule has 21 heavy (non-hydrogen) atoms. The van der Waals surface area contributed by atoms with Crippen molar-refractivity contribution in [3.63, 3.8) is 0 Å². The molecule has 1 saturated heterocycles. The van der Waals surface area contributed by atoms with Gasteiger partial charge in [-0.15, -0.1) is 0 Å². The predicted octanol–water partition coefficient (Wildman–Crippen LogP) is 2.11. The van der Waals surface area contributed by atoms with E-state index in [0.717, 1.165) is 10.4 Å². The van der Waals surface area contributed by atoms with Gasteiger partial charge in [-0.05, 0) is 25.0 Å². The molecule has 1 fully saturated rings. The van der Waals surface area contributed by atoms with Gasteiger partial charge in [0.2, 0.25) is 10.0 Å². The summed E-state index contributed by atoms with van der Waals surface area (Å²) >= 11 is 5.84. The minimum Gasteiger partial charge on any atom is -0.481 e. The minimum atomic E-state index is -3.80. The zero-order valence-corrected chi connectivity index (χ0v) is 12.7. The summed E-state index contributed by atoms with van der Waals surface area (Å²) in [5, 5.41) is 9.04. The zero-order valence-electron chi connectivity index (χ0n) is 11.1. The van der Waals surface area contributed by atoms with Crippen LogP contribution in [0.4, 0.5) is 4.39 Å². The molecule has 0 aromatic heterocycles. The summed E-state index contributed by atoms with van der Waals surface area (Å²) in [6.07, 6.45) is 0.920. The Bertz CT molecular complexity index is 629. The van der Waals surface area contributed by atoms with Gasteiger partial charge in [0.1, 0.15) is 5.82 Å². The molecule has 1 aliphatic rings. The van der Waals surface area contributed by atoms with E-state index in [1.54, 1.807) is 0 Å². The van der Waals surface area contributed by atoms with E-state index in [2.05, 4.69) is 0 Å². The second-order valence-corrected chi connectivity index (χ2v) is 7.37. The fourth-order valence-electron chi connectivity index (χ4n) is 2.34. The number of carboxylic acid groups (broad SMARTS) is 1. The number of sulfonamides is 1. The molecular weight excluding hydrogens is 321 g/mol. The molecule has 5 nitrogen and oxygen atoms in total. The second-order valence-electron chi connectivity index (χ2n) is 4.99. The lowest BCUT2D eigenvalue weighted by Gasteiger charge is -2.30. The van der Waals surface area contributed by atoms with Gasteiger partial charge in [-0.3, -0.25) is 4.79 Å². The predicted molar refractivity (Wildman–Crippen MR) is 76.0 cm³/mol. The highest BCUT2D eigenvalue weighted by molar-refractivity contribution is 7.88. The van der Waals surface area contributed by atoms with Gasteiger partial charge in [0, 0.05) is 23.7 Å². The maximum atomic E-state index is 13.7. The van der Waals surface area contributed by atoms with Crippen LogP contribution in [0.5, 0.6) is 0 Å². The Balaban J connectivity index is 2.20. The molecule has 1 unspecified atom stereocenters. The zero-order chi connectivity index (χ0) is 15.6. The molecule has 2 rings (SSSR count). The molecule has 0 bridgehead atoms. The third kappa shape index (κ3) is 3.72. The van der Waals surface area contributed by atoms with Crippen LogP contribution in [0.2, 0.25) is 5.02 Å². The monoisotopic (exact) mass is 335 g/mol. The van der Waals surface area contributed by atoms with Crippen molar-refractivity contribution in [1.82, 2.24) is 4.31 Å². The number of nitrogens with zero attached hydrogens (tertiary/aromatic N) is 1. The lowest BCUT2D eigenvalue weighted by molar-refractivity contribution is -0.142. The van der Waals surface area contributed by atoms with Crippen LogP contribution in [0.3, 0.4) is 0 Å². The van der Waals surface area contributed by atoms with Gasteiger partial charge in [0.05, 0.1) is 11.7 Å². The average Bonchev–Trinajstić information content (AvgIpc) is 2.43. The highest BCUT2D eigenvalue weighted by Crippen LogP contribution is 2.25. The van der Waals surface area contributed by atoms with Crippen LogP contribution in [0.25, 0.3) is 0 Å². The van der Waals surface area contributed by atoms with Gasteiger partial charge in [0.25, 0.3) is 0 Å². The molecule has 1 heterocycles. The number of hydrogen-bond acceptors (Lipinski definition) is 3. The number of hydrogen-bond donors (Lipinski definition) is 1. The molecule has 0 radical (unpaired) electrons.